The maximum absolute atomic E-state index is 12.2. The summed E-state index contributed by atoms with van der Waals surface area (Å²) >= 11 is 0. The van der Waals surface area contributed by atoms with Gasteiger partial charge in [-0.3, -0.25) is 15.2 Å². The quantitative estimate of drug-likeness (QED) is 0.760. The van der Waals surface area contributed by atoms with Crippen LogP contribution in [0.2, 0.25) is 0 Å². The molecule has 0 aromatic heterocycles. The van der Waals surface area contributed by atoms with E-state index in [0.717, 1.165) is 32.1 Å². The number of carbonyl (C=O) groups is 1. The van der Waals surface area contributed by atoms with Crippen LogP contribution >= 0.6 is 0 Å². The molecule has 0 spiro atoms. The SMILES string of the molecule is C=CCC1C=CC=CN1NC(=O)C1CCC(N)CC1. The van der Waals surface area contributed by atoms with Gasteiger partial charge in [0, 0.05) is 18.2 Å². The first-order valence-corrected chi connectivity index (χ1v) is 7.01. The minimum absolute atomic E-state index is 0.100. The molecule has 0 aromatic carbocycles. The molecule has 0 saturated heterocycles. The Morgan fingerprint density at radius 1 is 1.37 bits per heavy atom. The van der Waals surface area contributed by atoms with Gasteiger partial charge in [-0.15, -0.1) is 6.58 Å². The molecule has 1 atom stereocenters. The number of rotatable bonds is 4. The van der Waals surface area contributed by atoms with E-state index in [4.69, 9.17) is 5.73 Å². The summed E-state index contributed by atoms with van der Waals surface area (Å²) in [6.07, 6.45) is 14.3. The van der Waals surface area contributed by atoms with E-state index in [2.05, 4.69) is 18.1 Å². The van der Waals surface area contributed by atoms with Crippen molar-refractivity contribution in [2.75, 3.05) is 0 Å². The molecule has 1 aliphatic heterocycles. The minimum Gasteiger partial charge on any atom is -0.328 e. The van der Waals surface area contributed by atoms with Gasteiger partial charge in [-0.2, -0.15) is 0 Å². The molecule has 1 heterocycles. The molecule has 4 heteroatoms. The highest BCUT2D eigenvalue weighted by Crippen LogP contribution is 2.23. The lowest BCUT2D eigenvalue weighted by Crippen LogP contribution is -2.48. The second-order valence-corrected chi connectivity index (χ2v) is 5.31. The van der Waals surface area contributed by atoms with Crippen LogP contribution in [0.3, 0.4) is 0 Å². The molecule has 1 amide bonds. The van der Waals surface area contributed by atoms with Crippen molar-refractivity contribution in [2.45, 2.75) is 44.2 Å². The fraction of sp³-hybridized carbons (Fsp3) is 0.533. The molecule has 19 heavy (non-hydrogen) atoms. The van der Waals surface area contributed by atoms with E-state index in [9.17, 15) is 4.79 Å². The summed E-state index contributed by atoms with van der Waals surface area (Å²) in [5.41, 5.74) is 8.88. The summed E-state index contributed by atoms with van der Waals surface area (Å²) in [6.45, 7) is 3.76. The van der Waals surface area contributed by atoms with Crippen molar-refractivity contribution in [1.82, 2.24) is 10.4 Å². The molecule has 104 valence electrons. The normalized spacial score (nSPS) is 30.2. The summed E-state index contributed by atoms with van der Waals surface area (Å²) in [5.74, 6) is 0.212. The lowest BCUT2D eigenvalue weighted by molar-refractivity contribution is -0.130. The molecule has 1 unspecified atom stereocenters. The van der Waals surface area contributed by atoms with Crippen molar-refractivity contribution in [3.63, 3.8) is 0 Å². The van der Waals surface area contributed by atoms with Gasteiger partial charge in [-0.1, -0.05) is 18.2 Å². The molecular weight excluding hydrogens is 238 g/mol. The molecule has 2 rings (SSSR count). The van der Waals surface area contributed by atoms with Crippen LogP contribution in [-0.2, 0) is 4.79 Å². The maximum atomic E-state index is 12.2. The van der Waals surface area contributed by atoms with Crippen LogP contribution in [0.5, 0.6) is 0 Å². The van der Waals surface area contributed by atoms with Crippen molar-refractivity contribution < 1.29 is 4.79 Å². The molecule has 0 radical (unpaired) electrons. The first-order chi connectivity index (χ1) is 9.20. The van der Waals surface area contributed by atoms with Gasteiger partial charge in [0.2, 0.25) is 5.91 Å². The van der Waals surface area contributed by atoms with Crippen LogP contribution in [0.25, 0.3) is 0 Å². The molecule has 1 aliphatic carbocycles. The summed E-state index contributed by atoms with van der Waals surface area (Å²) in [6, 6.07) is 0.438. The number of hydrogen-bond acceptors (Lipinski definition) is 3. The number of nitrogens with two attached hydrogens (primary N) is 1. The van der Waals surface area contributed by atoms with Gasteiger partial charge in [0.25, 0.3) is 0 Å². The van der Waals surface area contributed by atoms with Crippen molar-refractivity contribution in [3.8, 4) is 0 Å². The van der Waals surface area contributed by atoms with Crippen LogP contribution in [0.1, 0.15) is 32.1 Å². The number of carbonyl (C=O) groups excluding carboxylic acids is 1. The number of allylic oxidation sites excluding steroid dienone is 2. The average molecular weight is 261 g/mol. The Morgan fingerprint density at radius 2 is 2.11 bits per heavy atom. The predicted octanol–water partition coefficient (Wildman–Crippen LogP) is 1.87. The van der Waals surface area contributed by atoms with Crippen LogP contribution in [0, 0.1) is 5.92 Å². The van der Waals surface area contributed by atoms with E-state index in [-0.39, 0.29) is 23.9 Å². The monoisotopic (exact) mass is 261 g/mol. The second kappa shape index (κ2) is 6.57. The molecule has 1 fully saturated rings. The van der Waals surface area contributed by atoms with Gasteiger partial charge < -0.3 is 5.73 Å². The standard InChI is InChI=1S/C15H23N3O/c1-2-5-14-6-3-4-11-18(14)17-15(19)12-7-9-13(16)10-8-12/h2-4,6,11-14H,1,5,7-10,16H2,(H,17,19). The zero-order chi connectivity index (χ0) is 13.7. The smallest absolute Gasteiger partial charge is 0.241 e. The highest BCUT2D eigenvalue weighted by molar-refractivity contribution is 5.78. The Hall–Kier alpha value is -1.55. The number of nitrogens with zero attached hydrogens (tertiary/aromatic N) is 1. The van der Waals surface area contributed by atoms with E-state index in [1.54, 1.807) is 0 Å². The van der Waals surface area contributed by atoms with Gasteiger partial charge in [0.05, 0.1) is 6.04 Å². The topological polar surface area (TPSA) is 58.4 Å². The number of nitrogens with one attached hydrogen (secondary N) is 1. The van der Waals surface area contributed by atoms with Gasteiger partial charge in [-0.25, -0.2) is 0 Å². The van der Waals surface area contributed by atoms with E-state index in [1.165, 1.54) is 0 Å². The molecule has 2 aliphatic rings. The van der Waals surface area contributed by atoms with Crippen LogP contribution in [0.4, 0.5) is 0 Å². The predicted molar refractivity (Wildman–Crippen MR) is 76.8 cm³/mol. The third-order valence-corrected chi connectivity index (χ3v) is 3.84. The summed E-state index contributed by atoms with van der Waals surface area (Å²) < 4.78 is 0. The summed E-state index contributed by atoms with van der Waals surface area (Å²) in [5, 5.41) is 1.87. The zero-order valence-electron chi connectivity index (χ0n) is 11.3. The molecule has 0 bridgehead atoms. The van der Waals surface area contributed by atoms with Crippen LogP contribution < -0.4 is 11.2 Å². The fourth-order valence-corrected chi connectivity index (χ4v) is 2.62. The van der Waals surface area contributed by atoms with E-state index in [0.29, 0.717) is 0 Å². The molecule has 0 aromatic rings. The van der Waals surface area contributed by atoms with Gasteiger partial charge in [0.15, 0.2) is 0 Å². The van der Waals surface area contributed by atoms with E-state index >= 15 is 0 Å². The van der Waals surface area contributed by atoms with Crippen LogP contribution in [0.15, 0.2) is 37.1 Å². The third kappa shape index (κ3) is 3.70. The zero-order valence-corrected chi connectivity index (χ0v) is 11.3. The largest absolute Gasteiger partial charge is 0.328 e. The van der Waals surface area contributed by atoms with Gasteiger partial charge >= 0.3 is 0 Å². The fourth-order valence-electron chi connectivity index (χ4n) is 2.62. The van der Waals surface area contributed by atoms with E-state index in [1.807, 2.05) is 29.4 Å². The van der Waals surface area contributed by atoms with Crippen molar-refractivity contribution in [2.24, 2.45) is 11.7 Å². The Balaban J connectivity index is 1.88. The summed E-state index contributed by atoms with van der Waals surface area (Å²) in [4.78, 5) is 12.2. The number of hydrazine groups is 1. The number of amides is 1. The second-order valence-electron chi connectivity index (χ2n) is 5.31. The Bertz CT molecular complexity index is 381. The Labute approximate surface area is 115 Å². The maximum Gasteiger partial charge on any atom is 0.241 e. The van der Waals surface area contributed by atoms with E-state index < -0.39 is 0 Å². The Kier molecular flexibility index (Phi) is 4.80. The third-order valence-electron chi connectivity index (χ3n) is 3.84. The summed E-state index contributed by atoms with van der Waals surface area (Å²) in [7, 11) is 0. The molecule has 3 N–H and O–H groups in total. The van der Waals surface area contributed by atoms with Crippen molar-refractivity contribution >= 4 is 5.91 Å². The minimum atomic E-state index is 0.100. The average Bonchev–Trinajstić information content (AvgIpc) is 2.42. The molecule has 1 saturated carbocycles. The first kappa shape index (κ1) is 13.9. The highest BCUT2D eigenvalue weighted by Gasteiger charge is 2.26. The van der Waals surface area contributed by atoms with Crippen molar-refractivity contribution in [1.29, 1.82) is 0 Å². The van der Waals surface area contributed by atoms with Crippen LogP contribution in [-0.4, -0.2) is 23.0 Å². The molecule has 4 nitrogen and oxygen atoms in total. The first-order valence-electron chi connectivity index (χ1n) is 7.01. The Morgan fingerprint density at radius 3 is 2.79 bits per heavy atom. The highest BCUT2D eigenvalue weighted by atomic mass is 16.2. The van der Waals surface area contributed by atoms with Gasteiger partial charge in [0.1, 0.15) is 0 Å². The van der Waals surface area contributed by atoms with Gasteiger partial charge in [-0.05, 0) is 38.2 Å². The number of hydrogen-bond donors (Lipinski definition) is 2. The molecular formula is C15H23N3O. The lowest BCUT2D eigenvalue weighted by Gasteiger charge is -2.33. The lowest BCUT2D eigenvalue weighted by atomic mass is 9.86. The van der Waals surface area contributed by atoms with Crippen molar-refractivity contribution in [3.05, 3.63) is 37.1 Å².